The molecule has 2 aliphatic rings. The van der Waals surface area contributed by atoms with Crippen molar-refractivity contribution in [2.45, 2.75) is 30.9 Å². The Hall–Kier alpha value is -0.0800. The largest absolute Gasteiger partial charge is 0.391 e. The molecule has 2 fully saturated rings. The minimum atomic E-state index is -0.0231. The molecule has 1 aliphatic carbocycles. The van der Waals surface area contributed by atoms with E-state index in [0.29, 0.717) is 0 Å². The third-order valence-electron chi connectivity index (χ3n) is 2.31. The van der Waals surface area contributed by atoms with Gasteiger partial charge in [0.1, 0.15) is 0 Å². The molecule has 0 aromatic carbocycles. The predicted molar refractivity (Wildman–Crippen MR) is 30.6 cm³/mol. The van der Waals surface area contributed by atoms with Gasteiger partial charge in [-0.25, -0.2) is 0 Å². The number of rotatable bonds is 0. The normalized spacial score (nSPS) is 52.9. The van der Waals surface area contributed by atoms with Crippen LogP contribution in [0.1, 0.15) is 19.3 Å². The van der Waals surface area contributed by atoms with Gasteiger partial charge in [-0.2, -0.15) is 0 Å². The summed E-state index contributed by atoms with van der Waals surface area (Å²) in [6, 6.07) is 0. The molecule has 1 saturated carbocycles. The fourth-order valence-electron chi connectivity index (χ4n) is 1.57. The lowest BCUT2D eigenvalue weighted by atomic mass is 10.2. The lowest BCUT2D eigenvalue weighted by molar-refractivity contribution is 0.241. The first-order chi connectivity index (χ1) is 3.83. The number of hydrogen-bond donors (Lipinski definition) is 2. The summed E-state index contributed by atoms with van der Waals surface area (Å²) in [7, 11) is 0. The molecule has 1 heterocycles. The fraction of sp³-hybridized carbons (Fsp3) is 1.00. The third-order valence-corrected chi connectivity index (χ3v) is 2.31. The highest BCUT2D eigenvalue weighted by Crippen LogP contribution is 2.42. The number of nitrogens with one attached hydrogen (secondary N) is 1. The van der Waals surface area contributed by atoms with Crippen LogP contribution in [0.15, 0.2) is 0 Å². The van der Waals surface area contributed by atoms with Gasteiger partial charge in [-0.05, 0) is 25.8 Å². The Kier molecular flexibility index (Phi) is 0.746. The van der Waals surface area contributed by atoms with Crippen LogP contribution in [0.2, 0.25) is 0 Å². The topological polar surface area (TPSA) is 32.3 Å². The molecule has 2 atom stereocenters. The Balaban J connectivity index is 2.06. The summed E-state index contributed by atoms with van der Waals surface area (Å²) in [5.74, 6) is 0. The van der Waals surface area contributed by atoms with Crippen LogP contribution in [0.5, 0.6) is 0 Å². The van der Waals surface area contributed by atoms with Crippen molar-refractivity contribution < 1.29 is 5.11 Å². The van der Waals surface area contributed by atoms with Crippen LogP contribution in [-0.4, -0.2) is 23.3 Å². The lowest BCUT2D eigenvalue weighted by Gasteiger charge is -2.03. The van der Waals surface area contributed by atoms with E-state index >= 15 is 0 Å². The number of hydrogen-bond acceptors (Lipinski definition) is 2. The van der Waals surface area contributed by atoms with E-state index in [1.165, 1.54) is 12.8 Å². The molecule has 1 spiro atoms. The standard InChI is InChI=1S/C6H11NO/c8-5-4-6(5)2-1-3-7-6/h5,7-8H,1-4H2/t5-,6-/m1/s1. The minimum Gasteiger partial charge on any atom is -0.391 e. The van der Waals surface area contributed by atoms with Crippen molar-refractivity contribution in [1.82, 2.24) is 5.32 Å². The zero-order valence-electron chi connectivity index (χ0n) is 4.85. The lowest BCUT2D eigenvalue weighted by Crippen LogP contribution is -2.27. The molecule has 0 amide bonds. The number of aliphatic hydroxyl groups excluding tert-OH is 1. The van der Waals surface area contributed by atoms with Gasteiger partial charge in [0.2, 0.25) is 0 Å². The van der Waals surface area contributed by atoms with Gasteiger partial charge in [0.05, 0.1) is 6.10 Å². The Morgan fingerprint density at radius 1 is 1.62 bits per heavy atom. The second-order valence-corrected chi connectivity index (χ2v) is 2.91. The van der Waals surface area contributed by atoms with E-state index in [1.54, 1.807) is 0 Å². The average molecular weight is 113 g/mol. The summed E-state index contributed by atoms with van der Waals surface area (Å²) in [5, 5.41) is 12.4. The van der Waals surface area contributed by atoms with E-state index in [4.69, 9.17) is 5.11 Å². The van der Waals surface area contributed by atoms with Gasteiger partial charge in [-0.1, -0.05) is 0 Å². The molecule has 0 radical (unpaired) electrons. The molecule has 46 valence electrons. The zero-order chi connectivity index (χ0) is 5.61. The van der Waals surface area contributed by atoms with Crippen molar-refractivity contribution in [2.75, 3.05) is 6.54 Å². The summed E-state index contributed by atoms with van der Waals surface area (Å²) in [6.45, 7) is 1.11. The van der Waals surface area contributed by atoms with E-state index in [2.05, 4.69) is 5.32 Å². The first kappa shape index (κ1) is 4.77. The van der Waals surface area contributed by atoms with Crippen LogP contribution in [0.25, 0.3) is 0 Å². The van der Waals surface area contributed by atoms with Gasteiger partial charge in [0, 0.05) is 5.54 Å². The smallest absolute Gasteiger partial charge is 0.0741 e. The molecule has 0 aromatic rings. The van der Waals surface area contributed by atoms with Crippen molar-refractivity contribution in [3.05, 3.63) is 0 Å². The van der Waals surface area contributed by atoms with Crippen molar-refractivity contribution in [3.63, 3.8) is 0 Å². The maximum atomic E-state index is 9.05. The molecule has 0 aromatic heterocycles. The molecular formula is C6H11NO. The molecule has 2 nitrogen and oxygen atoms in total. The summed E-state index contributed by atoms with van der Waals surface area (Å²) in [4.78, 5) is 0. The van der Waals surface area contributed by atoms with Gasteiger partial charge >= 0.3 is 0 Å². The highest BCUT2D eigenvalue weighted by molar-refractivity contribution is 5.13. The van der Waals surface area contributed by atoms with Crippen LogP contribution in [0.3, 0.4) is 0 Å². The Labute approximate surface area is 48.9 Å². The summed E-state index contributed by atoms with van der Waals surface area (Å²) >= 11 is 0. The van der Waals surface area contributed by atoms with E-state index < -0.39 is 0 Å². The van der Waals surface area contributed by atoms with E-state index in [9.17, 15) is 0 Å². The fourth-order valence-corrected chi connectivity index (χ4v) is 1.57. The highest BCUT2D eigenvalue weighted by atomic mass is 16.3. The first-order valence-corrected chi connectivity index (χ1v) is 3.27. The Morgan fingerprint density at radius 3 is 2.62 bits per heavy atom. The summed E-state index contributed by atoms with van der Waals surface area (Å²) in [6.07, 6.45) is 3.41. The van der Waals surface area contributed by atoms with Crippen LogP contribution >= 0.6 is 0 Å². The molecule has 1 aliphatic heterocycles. The molecule has 2 heteroatoms. The maximum absolute atomic E-state index is 9.05. The first-order valence-electron chi connectivity index (χ1n) is 3.27. The molecular weight excluding hydrogens is 102 g/mol. The quantitative estimate of drug-likeness (QED) is 0.459. The molecule has 2 N–H and O–H groups in total. The van der Waals surface area contributed by atoms with Gasteiger partial charge in [-0.15, -0.1) is 0 Å². The summed E-state index contributed by atoms with van der Waals surface area (Å²) in [5.41, 5.74) is 0.208. The van der Waals surface area contributed by atoms with Crippen LogP contribution < -0.4 is 5.32 Å². The molecule has 2 rings (SSSR count). The predicted octanol–water partition coefficient (Wildman–Crippen LogP) is -0.127. The second kappa shape index (κ2) is 1.25. The summed E-state index contributed by atoms with van der Waals surface area (Å²) < 4.78 is 0. The molecule has 0 bridgehead atoms. The van der Waals surface area contributed by atoms with E-state index in [1.807, 2.05) is 0 Å². The van der Waals surface area contributed by atoms with Crippen molar-refractivity contribution >= 4 is 0 Å². The third kappa shape index (κ3) is 0.446. The van der Waals surface area contributed by atoms with Crippen molar-refractivity contribution in [1.29, 1.82) is 0 Å². The Bertz CT molecular complexity index is 107. The maximum Gasteiger partial charge on any atom is 0.0741 e. The van der Waals surface area contributed by atoms with Gasteiger partial charge in [0.15, 0.2) is 0 Å². The van der Waals surface area contributed by atoms with Crippen LogP contribution in [0, 0.1) is 0 Å². The molecule has 0 unspecified atom stereocenters. The van der Waals surface area contributed by atoms with Crippen LogP contribution in [0.4, 0.5) is 0 Å². The van der Waals surface area contributed by atoms with Crippen molar-refractivity contribution in [2.24, 2.45) is 0 Å². The second-order valence-electron chi connectivity index (χ2n) is 2.91. The molecule has 8 heavy (non-hydrogen) atoms. The SMILES string of the molecule is O[C@@H]1C[C@]12CCCN2. The van der Waals surface area contributed by atoms with Gasteiger partial charge < -0.3 is 10.4 Å². The van der Waals surface area contributed by atoms with Crippen molar-refractivity contribution in [3.8, 4) is 0 Å². The average Bonchev–Trinajstić information content (AvgIpc) is 2.29. The van der Waals surface area contributed by atoms with E-state index in [0.717, 1.165) is 13.0 Å². The number of aliphatic hydroxyl groups is 1. The zero-order valence-corrected chi connectivity index (χ0v) is 4.85. The van der Waals surface area contributed by atoms with E-state index in [-0.39, 0.29) is 11.6 Å². The van der Waals surface area contributed by atoms with Crippen LogP contribution in [-0.2, 0) is 0 Å². The van der Waals surface area contributed by atoms with Gasteiger partial charge in [-0.3, -0.25) is 0 Å². The molecule has 1 saturated heterocycles. The highest BCUT2D eigenvalue weighted by Gasteiger charge is 2.54. The minimum absolute atomic E-state index is 0.0231. The monoisotopic (exact) mass is 113 g/mol. The van der Waals surface area contributed by atoms with Gasteiger partial charge in [0.25, 0.3) is 0 Å². The Morgan fingerprint density at radius 2 is 2.38 bits per heavy atom.